The van der Waals surface area contributed by atoms with Gasteiger partial charge in [0.15, 0.2) is 5.16 Å². The number of amides is 1. The summed E-state index contributed by atoms with van der Waals surface area (Å²) in [5, 5.41) is 3.88. The van der Waals surface area contributed by atoms with Crippen LogP contribution in [0.5, 0.6) is 0 Å². The molecule has 1 atom stereocenters. The number of aromatic amines is 1. The first-order valence-corrected chi connectivity index (χ1v) is 11.6. The topological polar surface area (TPSA) is 74.8 Å². The van der Waals surface area contributed by atoms with E-state index in [0.717, 1.165) is 16.0 Å². The number of rotatable bonds is 5. The van der Waals surface area contributed by atoms with E-state index < -0.39 is 0 Å². The number of hydrogen-bond acceptors (Lipinski definition) is 5. The van der Waals surface area contributed by atoms with Gasteiger partial charge in [0.2, 0.25) is 5.91 Å². The number of carbonyl (C=O) groups is 1. The van der Waals surface area contributed by atoms with Crippen LogP contribution in [0.15, 0.2) is 63.4 Å². The number of nitrogens with one attached hydrogen (secondary N) is 2. The third kappa shape index (κ3) is 4.37. The van der Waals surface area contributed by atoms with Crippen molar-refractivity contribution >= 4 is 46.8 Å². The Hall–Kier alpha value is -2.22. The molecule has 8 heteroatoms. The van der Waals surface area contributed by atoms with E-state index in [2.05, 4.69) is 15.3 Å². The highest BCUT2D eigenvalue weighted by Crippen LogP contribution is 2.35. The predicted molar refractivity (Wildman–Crippen MR) is 119 cm³/mol. The lowest BCUT2D eigenvalue weighted by molar-refractivity contribution is -0.116. The standard InChI is InChI=1S/C21H18ClN3O2S2/c1-28-14-8-6-12(7-9-14)15-10-17(26)23-19-18(15)20(27)25-21(24-19)29-11-13-4-2-3-5-16(13)22/h2-9,15H,10-11H2,1H3,(H2,23,24,25,26,27). The van der Waals surface area contributed by atoms with E-state index in [1.807, 2.05) is 54.8 Å². The SMILES string of the molecule is CSc1ccc(C2CC(=O)Nc3nc(SCc4ccccc4Cl)[nH]c(=O)c32)cc1. The second-order valence-electron chi connectivity index (χ2n) is 6.59. The van der Waals surface area contributed by atoms with Gasteiger partial charge in [-0.2, -0.15) is 0 Å². The fraction of sp³-hybridized carbons (Fsp3) is 0.190. The third-order valence-corrected chi connectivity index (χ3v) is 6.80. The molecule has 0 radical (unpaired) electrons. The normalized spacial score (nSPS) is 15.7. The van der Waals surface area contributed by atoms with E-state index in [9.17, 15) is 9.59 Å². The molecule has 148 valence electrons. The van der Waals surface area contributed by atoms with Crippen LogP contribution in [-0.2, 0) is 10.5 Å². The molecule has 0 spiro atoms. The minimum atomic E-state index is -0.312. The lowest BCUT2D eigenvalue weighted by Gasteiger charge is -2.24. The van der Waals surface area contributed by atoms with Crippen molar-refractivity contribution in [1.29, 1.82) is 0 Å². The number of nitrogens with zero attached hydrogens (tertiary/aromatic N) is 1. The molecule has 3 aromatic rings. The van der Waals surface area contributed by atoms with Gasteiger partial charge in [0, 0.05) is 28.0 Å². The zero-order chi connectivity index (χ0) is 20.4. The largest absolute Gasteiger partial charge is 0.310 e. The number of halogens is 1. The van der Waals surface area contributed by atoms with Gasteiger partial charge in [0.25, 0.3) is 5.56 Å². The van der Waals surface area contributed by atoms with Crippen molar-refractivity contribution in [2.75, 3.05) is 11.6 Å². The van der Waals surface area contributed by atoms with Crippen molar-refractivity contribution in [1.82, 2.24) is 9.97 Å². The van der Waals surface area contributed by atoms with Crippen molar-refractivity contribution in [3.05, 3.63) is 80.6 Å². The van der Waals surface area contributed by atoms with E-state index in [-0.39, 0.29) is 23.8 Å². The fourth-order valence-corrected chi connectivity index (χ4v) is 4.86. The van der Waals surface area contributed by atoms with E-state index in [1.54, 1.807) is 11.8 Å². The minimum Gasteiger partial charge on any atom is -0.310 e. The summed E-state index contributed by atoms with van der Waals surface area (Å²) in [4.78, 5) is 33.7. The van der Waals surface area contributed by atoms with Gasteiger partial charge in [-0.25, -0.2) is 4.98 Å². The molecule has 29 heavy (non-hydrogen) atoms. The van der Waals surface area contributed by atoms with Crippen LogP contribution in [-0.4, -0.2) is 22.1 Å². The van der Waals surface area contributed by atoms with Crippen molar-refractivity contribution in [3.8, 4) is 0 Å². The second kappa shape index (κ2) is 8.65. The monoisotopic (exact) mass is 443 g/mol. The average molecular weight is 444 g/mol. The van der Waals surface area contributed by atoms with Crippen LogP contribution < -0.4 is 10.9 Å². The maximum absolute atomic E-state index is 12.9. The summed E-state index contributed by atoms with van der Waals surface area (Å²) in [6, 6.07) is 15.5. The molecule has 2 N–H and O–H groups in total. The molecule has 1 amide bonds. The van der Waals surface area contributed by atoms with Crippen molar-refractivity contribution < 1.29 is 4.79 Å². The third-order valence-electron chi connectivity index (χ3n) is 4.77. The zero-order valence-corrected chi connectivity index (χ0v) is 18.0. The number of fused-ring (bicyclic) bond motifs is 1. The van der Waals surface area contributed by atoms with E-state index in [1.165, 1.54) is 11.8 Å². The van der Waals surface area contributed by atoms with Gasteiger partial charge in [-0.15, -0.1) is 11.8 Å². The lowest BCUT2D eigenvalue weighted by Crippen LogP contribution is -2.31. The van der Waals surface area contributed by atoms with Gasteiger partial charge >= 0.3 is 0 Å². The Kier molecular flexibility index (Phi) is 5.99. The number of anilines is 1. The molecule has 0 fully saturated rings. The number of carbonyl (C=O) groups excluding carboxylic acids is 1. The van der Waals surface area contributed by atoms with Crippen LogP contribution in [0.2, 0.25) is 5.02 Å². The highest BCUT2D eigenvalue weighted by Gasteiger charge is 2.30. The molecule has 0 bridgehead atoms. The molecule has 2 heterocycles. The Balaban J connectivity index is 1.64. The first-order chi connectivity index (χ1) is 14.0. The van der Waals surface area contributed by atoms with Crippen LogP contribution in [0.3, 0.4) is 0 Å². The minimum absolute atomic E-state index is 0.142. The zero-order valence-electron chi connectivity index (χ0n) is 15.6. The molecule has 0 saturated heterocycles. The van der Waals surface area contributed by atoms with Gasteiger partial charge < -0.3 is 10.3 Å². The van der Waals surface area contributed by atoms with Crippen LogP contribution in [0.4, 0.5) is 5.82 Å². The Labute approximate surface area is 181 Å². The van der Waals surface area contributed by atoms with Gasteiger partial charge in [-0.05, 0) is 35.6 Å². The van der Waals surface area contributed by atoms with Crippen LogP contribution in [0, 0.1) is 0 Å². The van der Waals surface area contributed by atoms with Crippen molar-refractivity contribution in [3.63, 3.8) is 0 Å². The molecule has 1 aliphatic heterocycles. The van der Waals surface area contributed by atoms with Gasteiger partial charge in [-0.1, -0.05) is 53.7 Å². The molecular formula is C21H18ClN3O2S2. The predicted octanol–water partition coefficient (Wildman–Crippen LogP) is 4.91. The number of hydrogen-bond donors (Lipinski definition) is 2. The summed E-state index contributed by atoms with van der Waals surface area (Å²) in [5.74, 6) is 0.449. The Morgan fingerprint density at radius 1 is 1.14 bits per heavy atom. The highest BCUT2D eigenvalue weighted by molar-refractivity contribution is 7.98. The van der Waals surface area contributed by atoms with E-state index >= 15 is 0 Å². The average Bonchev–Trinajstić information content (AvgIpc) is 2.72. The first kappa shape index (κ1) is 20.1. The van der Waals surface area contributed by atoms with E-state index in [0.29, 0.717) is 27.3 Å². The molecule has 0 aliphatic carbocycles. The maximum atomic E-state index is 12.9. The van der Waals surface area contributed by atoms with Gasteiger partial charge in [-0.3, -0.25) is 9.59 Å². The lowest BCUT2D eigenvalue weighted by atomic mass is 9.87. The smallest absolute Gasteiger partial charge is 0.257 e. The summed E-state index contributed by atoms with van der Waals surface area (Å²) in [5.41, 5.74) is 2.16. The number of thioether (sulfide) groups is 2. The van der Waals surface area contributed by atoms with Crippen molar-refractivity contribution in [2.24, 2.45) is 0 Å². The Bertz CT molecular complexity index is 1120. The summed E-state index contributed by atoms with van der Waals surface area (Å²) < 4.78 is 0. The molecule has 2 aromatic carbocycles. The first-order valence-electron chi connectivity index (χ1n) is 8.99. The molecule has 1 unspecified atom stereocenters. The second-order valence-corrected chi connectivity index (χ2v) is 8.84. The fourth-order valence-electron chi connectivity index (χ4n) is 3.30. The molecule has 1 aromatic heterocycles. The Morgan fingerprint density at radius 3 is 2.62 bits per heavy atom. The highest BCUT2D eigenvalue weighted by atomic mass is 35.5. The van der Waals surface area contributed by atoms with Gasteiger partial charge in [0.05, 0.1) is 5.56 Å². The summed E-state index contributed by atoms with van der Waals surface area (Å²) in [7, 11) is 0. The summed E-state index contributed by atoms with van der Waals surface area (Å²) in [6.45, 7) is 0. The quantitative estimate of drug-likeness (QED) is 0.432. The van der Waals surface area contributed by atoms with E-state index in [4.69, 9.17) is 11.6 Å². The van der Waals surface area contributed by atoms with Crippen LogP contribution in [0.1, 0.15) is 29.0 Å². The summed E-state index contributed by atoms with van der Waals surface area (Å²) in [6.07, 6.45) is 2.23. The van der Waals surface area contributed by atoms with Crippen LogP contribution >= 0.6 is 35.1 Å². The van der Waals surface area contributed by atoms with Gasteiger partial charge in [0.1, 0.15) is 5.82 Å². The summed E-state index contributed by atoms with van der Waals surface area (Å²) >= 11 is 9.22. The van der Waals surface area contributed by atoms with Crippen LogP contribution in [0.25, 0.3) is 0 Å². The molecule has 5 nitrogen and oxygen atoms in total. The van der Waals surface area contributed by atoms with Crippen molar-refractivity contribution in [2.45, 2.75) is 28.1 Å². The number of aromatic nitrogens is 2. The molecule has 1 aliphatic rings. The number of H-pyrrole nitrogens is 1. The Morgan fingerprint density at radius 2 is 1.90 bits per heavy atom. The molecule has 4 rings (SSSR count). The molecule has 0 saturated carbocycles. The maximum Gasteiger partial charge on any atom is 0.257 e. The number of benzene rings is 2. The molecular weight excluding hydrogens is 426 g/mol.